The minimum Gasteiger partial charge on any atom is -0.371 e. The molecule has 6 heteroatoms. The maximum Gasteiger partial charge on any atom is 0.237 e. The molecule has 1 saturated heterocycles. The Bertz CT molecular complexity index is 801. The summed E-state index contributed by atoms with van der Waals surface area (Å²) in [4.78, 5) is 27.0. The van der Waals surface area contributed by atoms with Crippen LogP contribution in [0.3, 0.4) is 0 Å². The van der Waals surface area contributed by atoms with Crippen LogP contribution in [-0.4, -0.2) is 30.2 Å². The second-order valence-electron chi connectivity index (χ2n) is 6.70. The maximum absolute atomic E-state index is 12.6. The Balaban J connectivity index is 1.57. The molecule has 2 aromatic carbocycles. The molecule has 0 saturated carbocycles. The number of anilines is 3. The minimum atomic E-state index is -0.230. The van der Waals surface area contributed by atoms with E-state index in [1.54, 1.807) is 0 Å². The van der Waals surface area contributed by atoms with Crippen LogP contribution in [0.15, 0.2) is 53.4 Å². The standard InChI is InChI=1S/C21H25N3O2S/c1-15(27-20-10-8-17(9-11-20)22-16(2)25)21(26)23-18-6-5-7-19(14-18)24-12-3-4-13-24/h5-11,14-15H,3-4,12-13H2,1-2H3,(H,22,25)(H,23,26). The highest BCUT2D eigenvalue weighted by atomic mass is 32.2. The number of rotatable bonds is 6. The maximum atomic E-state index is 12.6. The number of carbonyl (C=O) groups excluding carboxylic acids is 2. The van der Waals surface area contributed by atoms with Gasteiger partial charge in [-0.3, -0.25) is 9.59 Å². The van der Waals surface area contributed by atoms with Crippen molar-refractivity contribution in [3.05, 3.63) is 48.5 Å². The quantitative estimate of drug-likeness (QED) is 0.728. The van der Waals surface area contributed by atoms with Crippen LogP contribution in [0.4, 0.5) is 17.1 Å². The Morgan fingerprint density at radius 1 is 1.00 bits per heavy atom. The van der Waals surface area contributed by atoms with Gasteiger partial charge in [-0.05, 0) is 62.2 Å². The lowest BCUT2D eigenvalue weighted by Crippen LogP contribution is -2.23. The van der Waals surface area contributed by atoms with E-state index in [-0.39, 0.29) is 17.1 Å². The van der Waals surface area contributed by atoms with E-state index in [0.29, 0.717) is 0 Å². The largest absolute Gasteiger partial charge is 0.371 e. The van der Waals surface area contributed by atoms with Gasteiger partial charge in [0.2, 0.25) is 11.8 Å². The third-order valence-corrected chi connectivity index (χ3v) is 5.55. The summed E-state index contributed by atoms with van der Waals surface area (Å²) in [6.45, 7) is 5.54. The van der Waals surface area contributed by atoms with Gasteiger partial charge in [-0.25, -0.2) is 0 Å². The van der Waals surface area contributed by atoms with Crippen LogP contribution in [0.5, 0.6) is 0 Å². The molecule has 1 fully saturated rings. The van der Waals surface area contributed by atoms with Crippen molar-refractivity contribution in [1.82, 2.24) is 0 Å². The second-order valence-corrected chi connectivity index (χ2v) is 8.11. The predicted octanol–water partition coefficient (Wildman–Crippen LogP) is 4.36. The van der Waals surface area contributed by atoms with Gasteiger partial charge in [0, 0.05) is 42.0 Å². The van der Waals surface area contributed by atoms with Crippen molar-refractivity contribution < 1.29 is 9.59 Å². The predicted molar refractivity (Wildman–Crippen MR) is 113 cm³/mol. The van der Waals surface area contributed by atoms with E-state index in [1.165, 1.54) is 37.2 Å². The van der Waals surface area contributed by atoms with Gasteiger partial charge in [-0.1, -0.05) is 6.07 Å². The Hall–Kier alpha value is -2.47. The van der Waals surface area contributed by atoms with Crippen molar-refractivity contribution >= 4 is 40.6 Å². The molecule has 1 heterocycles. The summed E-state index contributed by atoms with van der Waals surface area (Å²) in [5, 5.41) is 5.53. The Morgan fingerprint density at radius 2 is 1.70 bits per heavy atom. The third kappa shape index (κ3) is 5.50. The monoisotopic (exact) mass is 383 g/mol. The molecule has 2 amide bonds. The highest BCUT2D eigenvalue weighted by molar-refractivity contribution is 8.00. The number of hydrogen-bond acceptors (Lipinski definition) is 4. The second kappa shape index (κ2) is 8.95. The molecule has 1 atom stereocenters. The molecule has 3 rings (SSSR count). The fourth-order valence-corrected chi connectivity index (χ4v) is 3.94. The van der Waals surface area contributed by atoms with Gasteiger partial charge < -0.3 is 15.5 Å². The summed E-state index contributed by atoms with van der Waals surface area (Å²) in [5.74, 6) is -0.121. The molecule has 0 aromatic heterocycles. The summed E-state index contributed by atoms with van der Waals surface area (Å²) < 4.78 is 0. The summed E-state index contributed by atoms with van der Waals surface area (Å²) in [6.07, 6.45) is 2.45. The Labute approximate surface area is 164 Å². The van der Waals surface area contributed by atoms with Crippen LogP contribution in [0.25, 0.3) is 0 Å². The van der Waals surface area contributed by atoms with Gasteiger partial charge in [-0.15, -0.1) is 11.8 Å². The first-order valence-corrected chi connectivity index (χ1v) is 10.1. The zero-order chi connectivity index (χ0) is 19.2. The Morgan fingerprint density at radius 3 is 2.37 bits per heavy atom. The van der Waals surface area contributed by atoms with Crippen LogP contribution >= 0.6 is 11.8 Å². The number of benzene rings is 2. The van der Waals surface area contributed by atoms with E-state index in [4.69, 9.17) is 0 Å². The molecule has 0 radical (unpaired) electrons. The van der Waals surface area contributed by atoms with Gasteiger partial charge in [0.05, 0.1) is 5.25 Å². The molecule has 2 N–H and O–H groups in total. The normalized spacial score (nSPS) is 14.7. The van der Waals surface area contributed by atoms with E-state index < -0.39 is 0 Å². The molecule has 1 aliphatic heterocycles. The van der Waals surface area contributed by atoms with Crippen molar-refractivity contribution in [2.75, 3.05) is 28.6 Å². The molecule has 0 aliphatic carbocycles. The van der Waals surface area contributed by atoms with E-state index in [9.17, 15) is 9.59 Å². The number of amides is 2. The van der Waals surface area contributed by atoms with E-state index >= 15 is 0 Å². The number of thioether (sulfide) groups is 1. The number of nitrogens with one attached hydrogen (secondary N) is 2. The van der Waals surface area contributed by atoms with Gasteiger partial charge in [0.1, 0.15) is 0 Å². The van der Waals surface area contributed by atoms with Crippen molar-refractivity contribution in [3.63, 3.8) is 0 Å². The zero-order valence-electron chi connectivity index (χ0n) is 15.7. The molecule has 0 bridgehead atoms. The van der Waals surface area contributed by atoms with Crippen molar-refractivity contribution in [1.29, 1.82) is 0 Å². The SMILES string of the molecule is CC(=O)Nc1ccc(SC(C)C(=O)Nc2cccc(N3CCCC3)c2)cc1. The lowest BCUT2D eigenvalue weighted by Gasteiger charge is -2.19. The highest BCUT2D eigenvalue weighted by Gasteiger charge is 2.16. The van der Waals surface area contributed by atoms with Gasteiger partial charge in [-0.2, -0.15) is 0 Å². The first-order valence-electron chi connectivity index (χ1n) is 9.21. The van der Waals surface area contributed by atoms with Gasteiger partial charge in [0.25, 0.3) is 0 Å². The van der Waals surface area contributed by atoms with Crippen LogP contribution in [-0.2, 0) is 9.59 Å². The molecule has 2 aromatic rings. The minimum absolute atomic E-state index is 0.0236. The topological polar surface area (TPSA) is 61.4 Å². The zero-order valence-corrected chi connectivity index (χ0v) is 16.5. The highest BCUT2D eigenvalue weighted by Crippen LogP contribution is 2.27. The Kier molecular flexibility index (Phi) is 6.40. The van der Waals surface area contributed by atoms with E-state index in [0.717, 1.165) is 29.4 Å². The number of nitrogens with zero attached hydrogens (tertiary/aromatic N) is 1. The van der Waals surface area contributed by atoms with E-state index in [1.807, 2.05) is 49.4 Å². The summed E-state index contributed by atoms with van der Waals surface area (Å²) in [6, 6.07) is 15.6. The van der Waals surface area contributed by atoms with Crippen LogP contribution in [0.2, 0.25) is 0 Å². The molecule has 142 valence electrons. The smallest absolute Gasteiger partial charge is 0.237 e. The fraction of sp³-hybridized carbons (Fsp3) is 0.333. The summed E-state index contributed by atoms with van der Waals surface area (Å²) in [5.41, 5.74) is 2.75. The molecule has 5 nitrogen and oxygen atoms in total. The van der Waals surface area contributed by atoms with E-state index in [2.05, 4.69) is 21.6 Å². The van der Waals surface area contributed by atoms with Crippen LogP contribution < -0.4 is 15.5 Å². The van der Waals surface area contributed by atoms with Crippen molar-refractivity contribution in [2.45, 2.75) is 36.8 Å². The average molecular weight is 384 g/mol. The van der Waals surface area contributed by atoms with Crippen molar-refractivity contribution in [2.24, 2.45) is 0 Å². The number of carbonyl (C=O) groups is 2. The summed E-state index contributed by atoms with van der Waals surface area (Å²) in [7, 11) is 0. The van der Waals surface area contributed by atoms with Gasteiger partial charge >= 0.3 is 0 Å². The number of hydrogen-bond donors (Lipinski definition) is 2. The van der Waals surface area contributed by atoms with Crippen LogP contribution in [0, 0.1) is 0 Å². The molecule has 1 aliphatic rings. The lowest BCUT2D eigenvalue weighted by atomic mass is 10.2. The lowest BCUT2D eigenvalue weighted by molar-refractivity contribution is -0.115. The molecule has 27 heavy (non-hydrogen) atoms. The average Bonchev–Trinajstić information content (AvgIpc) is 3.18. The first-order chi connectivity index (χ1) is 13.0. The van der Waals surface area contributed by atoms with Gasteiger partial charge in [0.15, 0.2) is 0 Å². The van der Waals surface area contributed by atoms with Crippen molar-refractivity contribution in [3.8, 4) is 0 Å². The third-order valence-electron chi connectivity index (χ3n) is 4.44. The molecule has 1 unspecified atom stereocenters. The summed E-state index contributed by atoms with van der Waals surface area (Å²) >= 11 is 1.49. The first kappa shape index (κ1) is 19.3. The molecule has 0 spiro atoms. The molecular weight excluding hydrogens is 358 g/mol. The molecular formula is C21H25N3O2S. The van der Waals surface area contributed by atoms with Crippen LogP contribution in [0.1, 0.15) is 26.7 Å². The fourth-order valence-electron chi connectivity index (χ4n) is 3.08.